The predicted molar refractivity (Wildman–Crippen MR) is 180 cm³/mol. The van der Waals surface area contributed by atoms with E-state index >= 15 is 4.39 Å². The quantitative estimate of drug-likeness (QED) is 0.160. The van der Waals surface area contributed by atoms with Gasteiger partial charge in [0.2, 0.25) is 11.8 Å². The molecule has 3 N–H and O–H groups in total. The van der Waals surface area contributed by atoms with Crippen LogP contribution >= 0.6 is 23.2 Å². The van der Waals surface area contributed by atoms with Crippen LogP contribution in [0.3, 0.4) is 0 Å². The number of hydrogen-bond acceptors (Lipinski definition) is 9. The number of anilines is 2. The minimum Gasteiger partial charge on any atom is -0.481 e. The van der Waals surface area contributed by atoms with Gasteiger partial charge in [-0.05, 0) is 30.7 Å². The third-order valence-corrected chi connectivity index (χ3v) is 9.18. The number of nitrogens with zero attached hydrogens (tertiary/aromatic N) is 4. The average molecular weight is 681 g/mol. The first kappa shape index (κ1) is 33.0. The molecule has 0 spiro atoms. The van der Waals surface area contributed by atoms with Gasteiger partial charge < -0.3 is 25.4 Å². The number of halogens is 3. The molecule has 0 radical (unpaired) electrons. The number of carbonyl (C=O) groups is 1. The molecule has 2 saturated heterocycles. The molecule has 2 fully saturated rings. The lowest BCUT2D eigenvalue weighted by Crippen LogP contribution is -2.47. The Labute approximate surface area is 283 Å². The lowest BCUT2D eigenvalue weighted by molar-refractivity contribution is -0.119. The highest BCUT2D eigenvalue weighted by Gasteiger charge is 2.28. The van der Waals surface area contributed by atoms with Gasteiger partial charge in [-0.2, -0.15) is 0 Å². The number of benzene rings is 1. The van der Waals surface area contributed by atoms with Gasteiger partial charge in [-0.25, -0.2) is 14.4 Å². The number of nitrogens with one attached hydrogen (secondary N) is 3. The Morgan fingerprint density at radius 2 is 1.85 bits per heavy atom. The Bertz CT molecular complexity index is 1760. The molecule has 2 aliphatic heterocycles. The van der Waals surface area contributed by atoms with E-state index in [4.69, 9.17) is 37.7 Å². The van der Waals surface area contributed by atoms with Gasteiger partial charge in [-0.1, -0.05) is 41.4 Å². The fourth-order valence-corrected chi connectivity index (χ4v) is 6.56. The molecule has 0 saturated carbocycles. The monoisotopic (exact) mass is 679 g/mol. The van der Waals surface area contributed by atoms with Crippen molar-refractivity contribution in [1.82, 2.24) is 30.5 Å². The summed E-state index contributed by atoms with van der Waals surface area (Å²) in [6.07, 6.45) is 4.61. The van der Waals surface area contributed by atoms with Crippen molar-refractivity contribution in [2.75, 3.05) is 45.8 Å². The molecule has 0 bridgehead atoms. The zero-order chi connectivity index (χ0) is 32.9. The van der Waals surface area contributed by atoms with Crippen molar-refractivity contribution in [2.24, 2.45) is 5.92 Å². The number of likely N-dealkylation sites (tertiary alicyclic amines) is 1. The first-order valence-electron chi connectivity index (χ1n) is 15.4. The second kappa shape index (κ2) is 14.9. The third kappa shape index (κ3) is 7.50. The highest BCUT2D eigenvalue weighted by molar-refractivity contribution is 6.39. The first-order chi connectivity index (χ1) is 22.8. The largest absolute Gasteiger partial charge is 0.481 e. The Morgan fingerprint density at radius 1 is 1.02 bits per heavy atom. The number of amides is 1. The number of rotatable bonds is 13. The van der Waals surface area contributed by atoms with Crippen molar-refractivity contribution in [2.45, 2.75) is 32.0 Å². The highest BCUT2D eigenvalue weighted by atomic mass is 35.5. The van der Waals surface area contributed by atoms with Crippen LogP contribution in [0.1, 0.15) is 24.0 Å². The Morgan fingerprint density at radius 3 is 2.62 bits per heavy atom. The molecule has 47 heavy (non-hydrogen) atoms. The topological polar surface area (TPSA) is 114 Å². The summed E-state index contributed by atoms with van der Waals surface area (Å²) in [7, 11) is 3.26. The lowest BCUT2D eigenvalue weighted by atomic mass is 10.0. The van der Waals surface area contributed by atoms with E-state index in [2.05, 4.69) is 30.8 Å². The Kier molecular flexibility index (Phi) is 10.5. The fraction of sp³-hybridized carbons (Fsp3) is 0.353. The van der Waals surface area contributed by atoms with Gasteiger partial charge in [0.1, 0.15) is 0 Å². The minimum atomic E-state index is -0.425. The second-order valence-corrected chi connectivity index (χ2v) is 12.5. The summed E-state index contributed by atoms with van der Waals surface area (Å²) in [6, 6.07) is 12.8. The number of ether oxygens (including phenoxy) is 2. The third-order valence-electron chi connectivity index (χ3n) is 8.39. The van der Waals surface area contributed by atoms with Gasteiger partial charge in [-0.3, -0.25) is 14.7 Å². The van der Waals surface area contributed by atoms with Crippen LogP contribution in [0.25, 0.3) is 22.5 Å². The highest BCUT2D eigenvalue weighted by Crippen LogP contribution is 2.41. The van der Waals surface area contributed by atoms with Crippen LogP contribution < -0.4 is 20.7 Å². The molecule has 13 heteroatoms. The standard InChI is InChI=1S/C34H36Cl2FN7O3/c1-46-19-20-16-44(17-20)18-22-10-12-40-33(31(22)37)42-27-5-3-4-25(29(27)35)32-30(36)24(11-13-39-32)26-8-6-21(34(43-26)47-2)14-38-15-23-7-9-28(45)41-23/h3-6,8,10-13,20,23,38H,7,9,14-19H2,1-2H3,(H,40,42)(H,41,45)/t23-/m1/s1. The summed E-state index contributed by atoms with van der Waals surface area (Å²) >= 11 is 13.8. The van der Waals surface area contributed by atoms with Gasteiger partial charge in [0.05, 0.1) is 40.8 Å². The van der Waals surface area contributed by atoms with E-state index in [9.17, 15) is 4.79 Å². The van der Waals surface area contributed by atoms with Crippen LogP contribution in [0, 0.1) is 11.7 Å². The van der Waals surface area contributed by atoms with Crippen LogP contribution in [0.15, 0.2) is 54.9 Å². The molecule has 2 aliphatic rings. The van der Waals surface area contributed by atoms with Crippen molar-refractivity contribution < 1.29 is 18.7 Å². The van der Waals surface area contributed by atoms with E-state index in [1.54, 1.807) is 50.9 Å². The first-order valence-corrected chi connectivity index (χ1v) is 16.2. The van der Waals surface area contributed by atoms with E-state index < -0.39 is 5.82 Å². The molecule has 0 aliphatic carbocycles. The van der Waals surface area contributed by atoms with E-state index in [0.29, 0.717) is 88.3 Å². The maximum Gasteiger partial charge on any atom is 0.220 e. The predicted octanol–water partition coefficient (Wildman–Crippen LogP) is 5.85. The maximum atomic E-state index is 15.5. The second-order valence-electron chi connectivity index (χ2n) is 11.8. The Balaban J connectivity index is 1.19. The molecule has 4 aromatic rings. The molecular formula is C34H36Cl2FN7O3. The van der Waals surface area contributed by atoms with E-state index in [-0.39, 0.29) is 17.8 Å². The Hall–Kier alpha value is -3.87. The summed E-state index contributed by atoms with van der Waals surface area (Å²) in [5.74, 6) is 0.684. The molecule has 1 atom stereocenters. The molecule has 246 valence electrons. The van der Waals surface area contributed by atoms with E-state index in [1.807, 2.05) is 18.2 Å². The average Bonchev–Trinajstić information content (AvgIpc) is 3.47. The molecule has 10 nitrogen and oxygen atoms in total. The number of carbonyl (C=O) groups excluding carboxylic acids is 1. The minimum absolute atomic E-state index is 0.0854. The molecular weight excluding hydrogens is 644 g/mol. The van der Waals surface area contributed by atoms with Gasteiger partial charge >= 0.3 is 0 Å². The zero-order valence-electron chi connectivity index (χ0n) is 26.2. The van der Waals surface area contributed by atoms with Crippen molar-refractivity contribution in [1.29, 1.82) is 0 Å². The van der Waals surface area contributed by atoms with E-state index in [1.165, 1.54) is 0 Å². The maximum absolute atomic E-state index is 15.5. The lowest BCUT2D eigenvalue weighted by Gasteiger charge is -2.38. The molecule has 6 rings (SSSR count). The smallest absolute Gasteiger partial charge is 0.220 e. The molecule has 5 heterocycles. The van der Waals surface area contributed by atoms with E-state index in [0.717, 1.165) is 25.1 Å². The molecule has 3 aromatic heterocycles. The molecule has 1 aromatic carbocycles. The molecule has 0 unspecified atom stereocenters. The van der Waals surface area contributed by atoms with Gasteiger partial charge in [-0.15, -0.1) is 0 Å². The van der Waals surface area contributed by atoms with Crippen LogP contribution in [0.2, 0.25) is 10.0 Å². The van der Waals surface area contributed by atoms with Crippen molar-refractivity contribution in [3.8, 4) is 28.4 Å². The number of aromatic nitrogens is 3. The normalized spacial score (nSPS) is 16.6. The van der Waals surface area contributed by atoms with Crippen molar-refractivity contribution in [3.63, 3.8) is 0 Å². The number of hydrogen-bond donors (Lipinski definition) is 3. The summed E-state index contributed by atoms with van der Waals surface area (Å²) in [4.78, 5) is 27.2. The van der Waals surface area contributed by atoms with Crippen LogP contribution in [0.5, 0.6) is 5.88 Å². The number of methoxy groups -OCH3 is 2. The van der Waals surface area contributed by atoms with Gasteiger partial charge in [0.25, 0.3) is 0 Å². The fourth-order valence-electron chi connectivity index (χ4n) is 5.99. The van der Waals surface area contributed by atoms with Crippen LogP contribution in [-0.4, -0.2) is 72.3 Å². The zero-order valence-corrected chi connectivity index (χ0v) is 27.7. The van der Waals surface area contributed by atoms with Gasteiger partial charge in [0.15, 0.2) is 11.6 Å². The molecule has 1 amide bonds. The van der Waals surface area contributed by atoms with Crippen LogP contribution in [-0.2, 0) is 22.6 Å². The van der Waals surface area contributed by atoms with Crippen molar-refractivity contribution >= 4 is 40.6 Å². The van der Waals surface area contributed by atoms with Crippen molar-refractivity contribution in [3.05, 3.63) is 81.8 Å². The summed E-state index contributed by atoms with van der Waals surface area (Å²) in [5.41, 5.74) is 4.16. The summed E-state index contributed by atoms with van der Waals surface area (Å²) in [5, 5.41) is 10.1. The van der Waals surface area contributed by atoms with Gasteiger partial charge in [0, 0.05) is 92.9 Å². The summed E-state index contributed by atoms with van der Waals surface area (Å²) in [6.45, 7) is 4.11. The SMILES string of the molecule is COCC1CN(Cc2ccnc(Nc3cccc(-c4nccc(-c5ccc(CNC[C@H]6CCC(=O)N6)c(OC)n5)c4Cl)c3Cl)c2F)C1. The number of pyridine rings is 3. The van der Waals surface area contributed by atoms with Crippen LogP contribution in [0.4, 0.5) is 15.9 Å². The summed E-state index contributed by atoms with van der Waals surface area (Å²) < 4.78 is 26.4.